The molecule has 2 aromatic carbocycles. The lowest BCUT2D eigenvalue weighted by molar-refractivity contribution is -0.256. The van der Waals surface area contributed by atoms with E-state index in [0.29, 0.717) is 0 Å². The molecule has 1 aromatic heterocycles. The van der Waals surface area contributed by atoms with Gasteiger partial charge in [0.05, 0.1) is 11.9 Å². The smallest absolute Gasteiger partial charge is 0.347 e. The predicted molar refractivity (Wildman–Crippen MR) is 90.2 cm³/mol. The Morgan fingerprint density at radius 1 is 0.621 bits per heavy atom. The van der Waals surface area contributed by atoms with Gasteiger partial charge >= 0.3 is 11.9 Å². The van der Waals surface area contributed by atoms with E-state index in [0.717, 1.165) is 12.5 Å². The van der Waals surface area contributed by atoms with Crippen LogP contribution in [-0.2, 0) is 0 Å². The van der Waals surface area contributed by atoms with Crippen molar-refractivity contribution in [1.82, 2.24) is 0 Å². The molecule has 3 rings (SSSR count). The van der Waals surface area contributed by atoms with Crippen LogP contribution in [-0.4, -0.2) is 23.9 Å². The molecule has 0 radical (unpaired) electrons. The molecular weight excluding hydrogens is 384 g/mol. The third kappa shape index (κ3) is 4.48. The van der Waals surface area contributed by atoms with Gasteiger partial charge in [0.1, 0.15) is 35.2 Å². The Balaban J connectivity index is 1.72. The molecule has 0 aliphatic carbocycles. The van der Waals surface area contributed by atoms with Crippen molar-refractivity contribution >= 4 is 23.9 Å². The zero-order chi connectivity index (χ0) is 21.0. The summed E-state index contributed by atoms with van der Waals surface area (Å²) in [6, 6.07) is 9.77. The normalized spacial score (nSPS) is 10.2. The first-order valence-electron chi connectivity index (χ1n) is 7.98. The summed E-state index contributed by atoms with van der Waals surface area (Å²) in [5, 5.41) is 21.5. The molecule has 0 amide bonds. The van der Waals surface area contributed by atoms with E-state index in [-0.39, 0.29) is 33.8 Å². The van der Waals surface area contributed by atoms with E-state index in [4.69, 9.17) is 13.9 Å². The highest BCUT2D eigenvalue weighted by Crippen LogP contribution is 2.20. The molecule has 0 fully saturated rings. The monoisotopic (exact) mass is 394 g/mol. The Morgan fingerprint density at radius 3 is 1.28 bits per heavy atom. The average Bonchev–Trinajstić information content (AvgIpc) is 3.19. The summed E-state index contributed by atoms with van der Waals surface area (Å²) >= 11 is 0. The van der Waals surface area contributed by atoms with Crippen molar-refractivity contribution in [3.63, 3.8) is 0 Å². The molecule has 0 bridgehead atoms. The van der Waals surface area contributed by atoms with Crippen LogP contribution in [0.1, 0.15) is 41.4 Å². The number of carboxylic acid groups (broad SMARTS) is 2. The first-order valence-corrected chi connectivity index (χ1v) is 7.98. The highest BCUT2D eigenvalue weighted by atomic mass is 16.5. The van der Waals surface area contributed by atoms with Crippen LogP contribution in [0.4, 0.5) is 0 Å². The molecule has 9 heteroatoms. The number of carboxylic acids is 2. The highest BCUT2D eigenvalue weighted by molar-refractivity contribution is 6.04. The molecule has 0 aliphatic heterocycles. The summed E-state index contributed by atoms with van der Waals surface area (Å²) in [6.45, 7) is 0. The maximum atomic E-state index is 12.3. The lowest BCUT2D eigenvalue weighted by atomic mass is 10.2. The minimum atomic E-state index is -1.38. The van der Waals surface area contributed by atoms with E-state index in [2.05, 4.69) is 0 Å². The quantitative estimate of drug-likeness (QED) is 0.429. The Hall–Kier alpha value is -4.40. The Kier molecular flexibility index (Phi) is 5.40. The molecule has 0 N–H and O–H groups in total. The SMILES string of the molecule is O=C([O-])c1ccc(OC(=O)c2cocc2C(=O)Oc2ccc(C(=O)[O-])cc2)cc1. The van der Waals surface area contributed by atoms with Crippen molar-refractivity contribution in [2.45, 2.75) is 0 Å². The number of hydrogen-bond donors (Lipinski definition) is 0. The first kappa shape index (κ1) is 19.4. The maximum Gasteiger partial charge on any atom is 0.347 e. The number of carbonyl (C=O) groups excluding carboxylic acids is 4. The molecule has 0 atom stereocenters. The number of hydrogen-bond acceptors (Lipinski definition) is 9. The molecule has 0 aliphatic rings. The van der Waals surface area contributed by atoms with Crippen LogP contribution in [0.3, 0.4) is 0 Å². The molecule has 0 saturated heterocycles. The Labute approximate surface area is 162 Å². The largest absolute Gasteiger partial charge is 0.545 e. The Bertz CT molecular complexity index is 990. The Morgan fingerprint density at radius 2 is 0.966 bits per heavy atom. The van der Waals surface area contributed by atoms with Crippen LogP contribution in [0.25, 0.3) is 0 Å². The molecule has 0 spiro atoms. The van der Waals surface area contributed by atoms with Crippen LogP contribution in [0.2, 0.25) is 0 Å². The molecule has 3 aromatic rings. The highest BCUT2D eigenvalue weighted by Gasteiger charge is 2.23. The molecule has 146 valence electrons. The molecule has 29 heavy (non-hydrogen) atoms. The summed E-state index contributed by atoms with van der Waals surface area (Å²) in [5.74, 6) is -4.54. The number of aromatic carboxylic acids is 2. The summed E-state index contributed by atoms with van der Waals surface area (Å²) in [5.41, 5.74) is -0.625. The number of benzene rings is 2. The average molecular weight is 394 g/mol. The van der Waals surface area contributed by atoms with Crippen molar-refractivity contribution in [2.24, 2.45) is 0 Å². The van der Waals surface area contributed by atoms with Crippen molar-refractivity contribution in [1.29, 1.82) is 0 Å². The van der Waals surface area contributed by atoms with Crippen LogP contribution >= 0.6 is 0 Å². The second-order valence-corrected chi connectivity index (χ2v) is 5.60. The second-order valence-electron chi connectivity index (χ2n) is 5.60. The third-order valence-electron chi connectivity index (χ3n) is 3.70. The minimum absolute atomic E-state index is 0.0402. The van der Waals surface area contributed by atoms with Crippen LogP contribution < -0.4 is 19.7 Å². The van der Waals surface area contributed by atoms with Gasteiger partial charge in [0.25, 0.3) is 0 Å². The molecule has 0 saturated carbocycles. The van der Waals surface area contributed by atoms with Gasteiger partial charge in [-0.3, -0.25) is 0 Å². The van der Waals surface area contributed by atoms with Crippen LogP contribution in [0, 0.1) is 0 Å². The lowest BCUT2D eigenvalue weighted by Crippen LogP contribution is -2.22. The van der Waals surface area contributed by atoms with Crippen LogP contribution in [0.5, 0.6) is 11.5 Å². The number of esters is 2. The van der Waals surface area contributed by atoms with Crippen molar-refractivity contribution < 1.29 is 43.3 Å². The van der Waals surface area contributed by atoms with Gasteiger partial charge in [0.2, 0.25) is 0 Å². The lowest BCUT2D eigenvalue weighted by Gasteiger charge is -2.07. The van der Waals surface area contributed by atoms with E-state index in [9.17, 15) is 29.4 Å². The van der Waals surface area contributed by atoms with E-state index in [1.807, 2.05) is 0 Å². The van der Waals surface area contributed by atoms with Gasteiger partial charge in [-0.05, 0) is 59.7 Å². The fourth-order valence-electron chi connectivity index (χ4n) is 2.26. The van der Waals surface area contributed by atoms with Crippen molar-refractivity contribution in [3.05, 3.63) is 83.3 Å². The summed E-state index contributed by atoms with van der Waals surface area (Å²) in [7, 11) is 0. The summed E-state index contributed by atoms with van der Waals surface area (Å²) in [6.07, 6.45) is 1.99. The number of rotatable bonds is 6. The fourth-order valence-corrected chi connectivity index (χ4v) is 2.26. The standard InChI is InChI=1S/C20H12O9/c21-17(22)11-1-5-13(6-2-11)28-19(25)15-9-27-10-16(15)20(26)29-14-7-3-12(4-8-14)18(23)24/h1-10H,(H,21,22)(H,23,24)/p-2. The number of furan rings is 1. The molecule has 1 heterocycles. The maximum absolute atomic E-state index is 12.3. The van der Waals surface area contributed by atoms with E-state index in [1.54, 1.807) is 0 Å². The zero-order valence-electron chi connectivity index (χ0n) is 14.4. The van der Waals surface area contributed by atoms with Crippen molar-refractivity contribution in [3.8, 4) is 11.5 Å². The topological polar surface area (TPSA) is 146 Å². The van der Waals surface area contributed by atoms with Gasteiger partial charge in [-0.15, -0.1) is 0 Å². The van der Waals surface area contributed by atoms with E-state index >= 15 is 0 Å². The number of ether oxygens (including phenoxy) is 2. The molecular formula is C20H10O9-2. The van der Waals surface area contributed by atoms with Crippen molar-refractivity contribution in [2.75, 3.05) is 0 Å². The van der Waals surface area contributed by atoms with Gasteiger partial charge in [0, 0.05) is 0 Å². The van der Waals surface area contributed by atoms with Gasteiger partial charge in [-0.25, -0.2) is 9.59 Å². The number of carbonyl (C=O) groups is 4. The van der Waals surface area contributed by atoms with E-state index in [1.165, 1.54) is 48.5 Å². The summed E-state index contributed by atoms with van der Waals surface area (Å²) < 4.78 is 15.1. The zero-order valence-corrected chi connectivity index (χ0v) is 14.4. The van der Waals surface area contributed by atoms with Gasteiger partial charge in [-0.2, -0.15) is 0 Å². The first-order chi connectivity index (χ1) is 13.8. The van der Waals surface area contributed by atoms with Gasteiger partial charge < -0.3 is 33.7 Å². The summed E-state index contributed by atoms with van der Waals surface area (Å²) in [4.78, 5) is 46.1. The third-order valence-corrected chi connectivity index (χ3v) is 3.70. The predicted octanol–water partition coefficient (Wildman–Crippen LogP) is 0.445. The fraction of sp³-hybridized carbons (Fsp3) is 0. The van der Waals surface area contributed by atoms with E-state index < -0.39 is 23.9 Å². The van der Waals surface area contributed by atoms with Gasteiger partial charge in [-0.1, -0.05) is 0 Å². The van der Waals surface area contributed by atoms with Crippen LogP contribution in [0.15, 0.2) is 65.5 Å². The minimum Gasteiger partial charge on any atom is -0.545 e. The molecule has 9 nitrogen and oxygen atoms in total. The van der Waals surface area contributed by atoms with Gasteiger partial charge in [0.15, 0.2) is 0 Å². The molecule has 0 unspecified atom stereocenters. The second kappa shape index (κ2) is 8.09.